The van der Waals surface area contributed by atoms with Crippen LogP contribution in [-0.4, -0.2) is 34.2 Å². The van der Waals surface area contributed by atoms with E-state index in [1.807, 2.05) is 44.2 Å². The Hall–Kier alpha value is -2.54. The zero-order valence-corrected chi connectivity index (χ0v) is 19.4. The van der Waals surface area contributed by atoms with Crippen molar-refractivity contribution in [1.29, 1.82) is 0 Å². The summed E-state index contributed by atoms with van der Waals surface area (Å²) >= 11 is 0. The zero-order chi connectivity index (χ0) is 22.5. The van der Waals surface area contributed by atoms with Crippen LogP contribution in [0.15, 0.2) is 42.5 Å². The number of hydrogen-bond acceptors (Lipinski definition) is 4. The van der Waals surface area contributed by atoms with Gasteiger partial charge in [0, 0.05) is 0 Å². The summed E-state index contributed by atoms with van der Waals surface area (Å²) in [5, 5.41) is 3.02. The maximum atomic E-state index is 12.9. The third kappa shape index (κ3) is 6.76. The summed E-state index contributed by atoms with van der Waals surface area (Å²) in [4.78, 5) is 12.9. The molecule has 1 atom stereocenters. The van der Waals surface area contributed by atoms with Gasteiger partial charge in [0.25, 0.3) is 0 Å². The molecule has 30 heavy (non-hydrogen) atoms. The fraction of sp³-hybridized carbons (Fsp3) is 0.435. The Kier molecular flexibility index (Phi) is 7.89. The topological polar surface area (TPSA) is 75.7 Å². The number of carbonyl (C=O) groups excluding carboxylic acids is 1. The first-order valence-corrected chi connectivity index (χ1v) is 11.8. The number of ether oxygens (including phenoxy) is 1. The summed E-state index contributed by atoms with van der Waals surface area (Å²) in [5.74, 6) is 0.746. The molecule has 0 radical (unpaired) electrons. The molecule has 7 heteroatoms. The van der Waals surface area contributed by atoms with E-state index in [0.29, 0.717) is 11.6 Å². The molecule has 164 valence electrons. The van der Waals surface area contributed by atoms with Crippen molar-refractivity contribution in [3.8, 4) is 5.75 Å². The van der Waals surface area contributed by atoms with Crippen LogP contribution in [-0.2, 0) is 14.8 Å². The van der Waals surface area contributed by atoms with E-state index in [0.717, 1.165) is 39.4 Å². The lowest BCUT2D eigenvalue weighted by Gasteiger charge is -2.26. The number of sulfonamides is 1. The minimum atomic E-state index is -3.62. The summed E-state index contributed by atoms with van der Waals surface area (Å²) in [6.07, 6.45) is 1.85. The summed E-state index contributed by atoms with van der Waals surface area (Å²) in [6.45, 7) is 7.70. The van der Waals surface area contributed by atoms with Gasteiger partial charge in [-0.25, -0.2) is 8.42 Å². The average Bonchev–Trinajstić information content (AvgIpc) is 2.63. The normalized spacial score (nSPS) is 12.5. The minimum Gasteiger partial charge on any atom is -0.497 e. The van der Waals surface area contributed by atoms with Gasteiger partial charge in [0.1, 0.15) is 12.3 Å². The fourth-order valence-electron chi connectivity index (χ4n) is 3.45. The van der Waals surface area contributed by atoms with Gasteiger partial charge in [-0.15, -0.1) is 0 Å². The zero-order valence-electron chi connectivity index (χ0n) is 18.6. The highest BCUT2D eigenvalue weighted by atomic mass is 32.2. The van der Waals surface area contributed by atoms with Crippen molar-refractivity contribution in [2.75, 3.05) is 24.2 Å². The van der Waals surface area contributed by atoms with Crippen molar-refractivity contribution in [3.05, 3.63) is 59.2 Å². The van der Waals surface area contributed by atoms with E-state index in [2.05, 4.69) is 19.2 Å². The number of nitrogens with one attached hydrogen (secondary N) is 1. The van der Waals surface area contributed by atoms with Gasteiger partial charge in [0.2, 0.25) is 15.9 Å². The van der Waals surface area contributed by atoms with Gasteiger partial charge in [-0.2, -0.15) is 0 Å². The lowest BCUT2D eigenvalue weighted by Crippen LogP contribution is -2.42. The van der Waals surface area contributed by atoms with Crippen molar-refractivity contribution >= 4 is 21.6 Å². The minimum absolute atomic E-state index is 0.218. The molecule has 1 amide bonds. The van der Waals surface area contributed by atoms with Gasteiger partial charge < -0.3 is 10.1 Å². The SMILES string of the molecule is COc1ccc([C@@H](CC(C)C)NC(=O)CN(c2cc(C)cc(C)c2)S(C)(=O)=O)cc1. The van der Waals surface area contributed by atoms with E-state index in [1.165, 1.54) is 0 Å². The molecule has 0 bridgehead atoms. The highest BCUT2D eigenvalue weighted by Gasteiger charge is 2.24. The predicted octanol–water partition coefficient (Wildman–Crippen LogP) is 3.98. The number of anilines is 1. The van der Waals surface area contributed by atoms with Crippen molar-refractivity contribution < 1.29 is 17.9 Å². The molecule has 0 saturated carbocycles. The average molecular weight is 433 g/mol. The largest absolute Gasteiger partial charge is 0.497 e. The van der Waals surface area contributed by atoms with Crippen LogP contribution in [0.5, 0.6) is 5.75 Å². The molecule has 0 aromatic heterocycles. The van der Waals surface area contributed by atoms with Crippen LogP contribution in [0.25, 0.3) is 0 Å². The van der Waals surface area contributed by atoms with Crippen LogP contribution in [0.3, 0.4) is 0 Å². The Labute approximate surface area is 180 Å². The highest BCUT2D eigenvalue weighted by Crippen LogP contribution is 2.25. The Balaban J connectivity index is 2.25. The molecule has 0 saturated heterocycles. The van der Waals surface area contributed by atoms with E-state index in [-0.39, 0.29) is 18.5 Å². The van der Waals surface area contributed by atoms with E-state index in [4.69, 9.17) is 4.74 Å². The number of nitrogens with zero attached hydrogens (tertiary/aromatic N) is 1. The summed E-state index contributed by atoms with van der Waals surface area (Å²) in [5.41, 5.74) is 3.33. The Morgan fingerprint density at radius 3 is 2.10 bits per heavy atom. The number of carbonyl (C=O) groups is 1. The van der Waals surface area contributed by atoms with Gasteiger partial charge in [0.15, 0.2) is 0 Å². The monoisotopic (exact) mass is 432 g/mol. The predicted molar refractivity (Wildman–Crippen MR) is 121 cm³/mol. The van der Waals surface area contributed by atoms with Crippen molar-refractivity contribution in [2.45, 2.75) is 40.2 Å². The molecule has 2 rings (SSSR count). The standard InChI is InChI=1S/C23H32N2O4S/c1-16(2)11-22(19-7-9-21(29-5)10-8-19)24-23(26)15-25(30(6,27)28)20-13-17(3)12-18(4)14-20/h7-10,12-14,16,22H,11,15H2,1-6H3,(H,24,26)/t22-/m1/s1. The van der Waals surface area contributed by atoms with Gasteiger partial charge in [-0.1, -0.05) is 32.0 Å². The van der Waals surface area contributed by atoms with E-state index in [1.54, 1.807) is 19.2 Å². The number of hydrogen-bond donors (Lipinski definition) is 1. The quantitative estimate of drug-likeness (QED) is 0.650. The lowest BCUT2D eigenvalue weighted by molar-refractivity contribution is -0.120. The van der Waals surface area contributed by atoms with Crippen molar-refractivity contribution in [3.63, 3.8) is 0 Å². The smallest absolute Gasteiger partial charge is 0.241 e. The first-order valence-electron chi connectivity index (χ1n) is 9.99. The van der Waals surface area contributed by atoms with Crippen molar-refractivity contribution in [2.24, 2.45) is 5.92 Å². The van der Waals surface area contributed by atoms with Crippen LogP contribution in [0.1, 0.15) is 43.0 Å². The second kappa shape index (κ2) is 9.98. The Morgan fingerprint density at radius 2 is 1.63 bits per heavy atom. The maximum absolute atomic E-state index is 12.9. The fourth-order valence-corrected chi connectivity index (χ4v) is 4.29. The number of rotatable bonds is 9. The molecule has 2 aromatic rings. The molecular formula is C23H32N2O4S. The number of benzene rings is 2. The molecule has 2 aromatic carbocycles. The lowest BCUT2D eigenvalue weighted by atomic mass is 9.97. The summed E-state index contributed by atoms with van der Waals surface area (Å²) < 4.78 is 31.2. The third-order valence-corrected chi connectivity index (χ3v) is 5.88. The first-order chi connectivity index (χ1) is 14.0. The molecule has 0 aliphatic rings. The number of amides is 1. The molecule has 0 heterocycles. The van der Waals surface area contributed by atoms with E-state index < -0.39 is 10.0 Å². The Morgan fingerprint density at radius 1 is 1.07 bits per heavy atom. The van der Waals surface area contributed by atoms with Gasteiger partial charge in [0.05, 0.1) is 25.1 Å². The molecule has 0 spiro atoms. The molecule has 0 fully saturated rings. The summed E-state index contributed by atoms with van der Waals surface area (Å²) in [7, 11) is -2.02. The number of methoxy groups -OCH3 is 1. The van der Waals surface area contributed by atoms with Gasteiger partial charge in [-0.05, 0) is 67.1 Å². The molecule has 1 N–H and O–H groups in total. The maximum Gasteiger partial charge on any atom is 0.241 e. The van der Waals surface area contributed by atoms with E-state index in [9.17, 15) is 13.2 Å². The van der Waals surface area contributed by atoms with Crippen LogP contribution >= 0.6 is 0 Å². The second-order valence-electron chi connectivity index (χ2n) is 8.14. The Bertz CT molecular complexity index is 949. The van der Waals surface area contributed by atoms with Crippen LogP contribution in [0.4, 0.5) is 5.69 Å². The van der Waals surface area contributed by atoms with Crippen LogP contribution in [0, 0.1) is 19.8 Å². The van der Waals surface area contributed by atoms with E-state index >= 15 is 0 Å². The number of aryl methyl sites for hydroxylation is 2. The molecule has 0 aliphatic carbocycles. The van der Waals surface area contributed by atoms with Gasteiger partial charge >= 0.3 is 0 Å². The second-order valence-corrected chi connectivity index (χ2v) is 10.0. The molecule has 6 nitrogen and oxygen atoms in total. The first kappa shape index (κ1) is 23.7. The molecular weight excluding hydrogens is 400 g/mol. The highest BCUT2D eigenvalue weighted by molar-refractivity contribution is 7.92. The molecule has 0 aliphatic heterocycles. The summed E-state index contributed by atoms with van der Waals surface area (Å²) in [6, 6.07) is 12.8. The van der Waals surface area contributed by atoms with Crippen LogP contribution in [0.2, 0.25) is 0 Å². The molecule has 0 unspecified atom stereocenters. The van der Waals surface area contributed by atoms with Gasteiger partial charge in [-0.3, -0.25) is 9.10 Å². The van der Waals surface area contributed by atoms with Crippen LogP contribution < -0.4 is 14.4 Å². The van der Waals surface area contributed by atoms with Crippen molar-refractivity contribution in [1.82, 2.24) is 5.32 Å². The third-order valence-electron chi connectivity index (χ3n) is 4.74.